The first-order valence-corrected chi connectivity index (χ1v) is 12.5. The van der Waals surface area contributed by atoms with Gasteiger partial charge < -0.3 is 9.15 Å². The number of pyridine rings is 1. The van der Waals surface area contributed by atoms with E-state index in [1.165, 1.54) is 0 Å². The van der Waals surface area contributed by atoms with Gasteiger partial charge in [0.2, 0.25) is 0 Å². The van der Waals surface area contributed by atoms with Crippen molar-refractivity contribution >= 4 is 19.0 Å². The topological polar surface area (TPSA) is 11.9 Å². The van der Waals surface area contributed by atoms with E-state index >= 15 is 0 Å². The minimum Gasteiger partial charge on any atom is -0.336 e. The van der Waals surface area contributed by atoms with Crippen LogP contribution < -0.4 is 9.59 Å². The molecule has 4 heteroatoms. The molecule has 0 unspecified atom stereocenters. The molecule has 198 valence electrons. The Hall–Kier alpha value is -4.63. The summed E-state index contributed by atoms with van der Waals surface area (Å²) in [5, 5.41) is 1.07. The van der Waals surface area contributed by atoms with Gasteiger partial charge >= 0.3 is 20.1 Å². The number of allylic oxidation sites excluding steroid dienone is 8. The summed E-state index contributed by atoms with van der Waals surface area (Å²) in [4.78, 5) is 0. The average Bonchev–Trinajstić information content (AvgIpc) is 3.00. The SMILES string of the molecule is C=[N+]1C=CC=C[C-]1c1[c-]cccc1.C=[N+]1C=CC=C[C-]1c1[c-]cccc1.C=[n+]1cccc/c1=C1/[C-]=CC=C[CH-]1.[Ir+3]. The van der Waals surface area contributed by atoms with Crippen LogP contribution in [-0.2, 0) is 20.1 Å². The van der Waals surface area contributed by atoms with Gasteiger partial charge in [0.05, 0.1) is 29.8 Å². The molecule has 6 rings (SSSR count). The standard InChI is InChI=1S/3C12H10N.Ir/c3*1-13-10-6-5-9-12(13)11-7-3-2-4-8-11;/h3*2-7,9-10H,1H2;/q3*-1;+3/b12-11-;;;. The van der Waals surface area contributed by atoms with Gasteiger partial charge in [-0.1, -0.05) is 24.3 Å². The normalized spacial score (nSPS) is 15.8. The van der Waals surface area contributed by atoms with Crippen molar-refractivity contribution in [3.8, 4) is 0 Å². The second-order valence-electron chi connectivity index (χ2n) is 8.50. The summed E-state index contributed by atoms with van der Waals surface area (Å²) in [6.07, 6.45) is 28.8. The largest absolute Gasteiger partial charge is 3.00 e. The minimum atomic E-state index is 0. The molecule has 2 aliphatic heterocycles. The zero-order valence-corrected chi connectivity index (χ0v) is 24.5. The number of benzene rings is 2. The van der Waals surface area contributed by atoms with Gasteiger partial charge in [0, 0.05) is 13.4 Å². The second kappa shape index (κ2) is 15.7. The van der Waals surface area contributed by atoms with Crippen LogP contribution in [0.3, 0.4) is 0 Å². The van der Waals surface area contributed by atoms with Crippen LogP contribution in [0.5, 0.6) is 0 Å². The van der Waals surface area contributed by atoms with Crippen LogP contribution in [0.4, 0.5) is 0 Å². The Morgan fingerprint density at radius 3 is 1.70 bits per heavy atom. The first-order chi connectivity index (χ1) is 19.1. The molecule has 40 heavy (non-hydrogen) atoms. The summed E-state index contributed by atoms with van der Waals surface area (Å²) in [6, 6.07) is 30.2. The van der Waals surface area contributed by atoms with Gasteiger partial charge in [-0.15, -0.1) is 59.7 Å². The fourth-order valence-corrected chi connectivity index (χ4v) is 3.82. The number of nitrogens with zero attached hydrogens (tertiary/aromatic N) is 3. The fourth-order valence-electron chi connectivity index (χ4n) is 3.82. The summed E-state index contributed by atoms with van der Waals surface area (Å²) in [5.41, 5.74) is 3.20. The Balaban J connectivity index is 0.000000163. The van der Waals surface area contributed by atoms with Gasteiger partial charge in [-0.25, -0.2) is 30.2 Å². The Bertz CT molecular complexity index is 1500. The molecule has 0 bridgehead atoms. The van der Waals surface area contributed by atoms with Gasteiger partial charge in [-0.2, -0.15) is 36.4 Å². The predicted octanol–water partition coefficient (Wildman–Crippen LogP) is 5.22. The molecule has 0 spiro atoms. The Labute approximate surface area is 251 Å². The van der Waals surface area contributed by atoms with E-state index in [0.717, 1.165) is 34.1 Å². The van der Waals surface area contributed by atoms with E-state index < -0.39 is 0 Å². The first kappa shape index (κ1) is 29.9. The van der Waals surface area contributed by atoms with Crippen molar-refractivity contribution in [2.24, 2.45) is 0 Å². The fraction of sp³-hybridized carbons (Fsp3) is 0. The maximum absolute atomic E-state index is 3.89. The third kappa shape index (κ3) is 8.44. The smallest absolute Gasteiger partial charge is 0.336 e. The first-order valence-electron chi connectivity index (χ1n) is 12.5. The van der Waals surface area contributed by atoms with E-state index in [1.807, 2.05) is 160 Å². The minimum absolute atomic E-state index is 0. The van der Waals surface area contributed by atoms with Gasteiger partial charge in [-0.05, 0) is 6.07 Å². The molecule has 3 aliphatic rings. The van der Waals surface area contributed by atoms with E-state index in [1.54, 1.807) is 0 Å². The molecule has 0 saturated heterocycles. The van der Waals surface area contributed by atoms with Crippen LogP contribution in [0.1, 0.15) is 11.1 Å². The van der Waals surface area contributed by atoms with E-state index in [0.29, 0.717) is 0 Å². The third-order valence-corrected chi connectivity index (χ3v) is 5.78. The Morgan fingerprint density at radius 2 is 1.25 bits per heavy atom. The number of aromatic nitrogens is 1. The monoisotopic (exact) mass is 697 g/mol. The molecular weight excluding hydrogens is 667 g/mol. The Kier molecular flexibility index (Phi) is 11.7. The summed E-state index contributed by atoms with van der Waals surface area (Å²) in [5.74, 6) is 0. The zero-order valence-electron chi connectivity index (χ0n) is 22.2. The molecular formula is C36H30IrN3. The maximum Gasteiger partial charge on any atom is 3.00 e. The van der Waals surface area contributed by atoms with Gasteiger partial charge in [-0.3, -0.25) is 10.3 Å². The number of rotatable bonds is 2. The number of hydrogen-bond acceptors (Lipinski definition) is 0. The molecule has 0 fully saturated rings. The third-order valence-electron chi connectivity index (χ3n) is 5.78. The molecule has 0 atom stereocenters. The summed E-state index contributed by atoms with van der Waals surface area (Å²) < 4.78 is 5.52. The van der Waals surface area contributed by atoms with Gasteiger partial charge in [0.25, 0.3) is 0 Å². The second-order valence-corrected chi connectivity index (χ2v) is 8.50. The molecule has 3 heterocycles. The predicted molar refractivity (Wildman–Crippen MR) is 158 cm³/mol. The summed E-state index contributed by atoms with van der Waals surface area (Å²) in [6.45, 7) is 11.7. The van der Waals surface area contributed by atoms with E-state index in [9.17, 15) is 0 Å². The maximum atomic E-state index is 3.89. The van der Waals surface area contributed by atoms with Crippen molar-refractivity contribution in [3.05, 3.63) is 200 Å². The molecule has 1 aliphatic carbocycles. The zero-order chi connectivity index (χ0) is 27.3. The van der Waals surface area contributed by atoms with Gasteiger partial charge in [0.1, 0.15) is 6.72 Å². The van der Waals surface area contributed by atoms with Crippen LogP contribution >= 0.6 is 0 Å². The van der Waals surface area contributed by atoms with Crippen molar-refractivity contribution < 1.29 is 33.5 Å². The number of hydrogen-bond donors (Lipinski definition) is 0. The molecule has 0 radical (unpaired) electrons. The van der Waals surface area contributed by atoms with Crippen LogP contribution in [0.25, 0.3) is 5.57 Å². The van der Waals surface area contributed by atoms with Crippen LogP contribution in [0.15, 0.2) is 140 Å². The van der Waals surface area contributed by atoms with E-state index in [-0.39, 0.29) is 20.1 Å². The molecule has 1 aromatic heterocycles. The van der Waals surface area contributed by atoms with Crippen molar-refractivity contribution in [1.29, 1.82) is 0 Å². The molecule has 2 aromatic carbocycles. The van der Waals surface area contributed by atoms with Crippen LogP contribution in [-0.4, -0.2) is 22.6 Å². The van der Waals surface area contributed by atoms with Crippen molar-refractivity contribution in [2.45, 2.75) is 0 Å². The Morgan fingerprint density at radius 1 is 0.675 bits per heavy atom. The van der Waals surface area contributed by atoms with Crippen LogP contribution in [0, 0.1) is 43.4 Å². The van der Waals surface area contributed by atoms with E-state index in [2.05, 4.69) is 38.4 Å². The summed E-state index contributed by atoms with van der Waals surface area (Å²) >= 11 is 0. The molecule has 3 nitrogen and oxygen atoms in total. The van der Waals surface area contributed by atoms with Crippen molar-refractivity contribution in [2.75, 3.05) is 0 Å². The van der Waals surface area contributed by atoms with E-state index in [4.69, 9.17) is 0 Å². The van der Waals surface area contributed by atoms with Crippen molar-refractivity contribution in [1.82, 2.24) is 0 Å². The summed E-state index contributed by atoms with van der Waals surface area (Å²) in [7, 11) is 0. The molecule has 0 amide bonds. The molecule has 0 saturated carbocycles. The quantitative estimate of drug-likeness (QED) is 0.258. The molecule has 3 aromatic rings. The average molecular weight is 697 g/mol. The van der Waals surface area contributed by atoms with Gasteiger partial charge in [0.15, 0.2) is 6.20 Å². The van der Waals surface area contributed by atoms with Crippen LogP contribution in [0.2, 0.25) is 0 Å². The van der Waals surface area contributed by atoms with Crippen molar-refractivity contribution in [3.63, 3.8) is 0 Å². The molecule has 0 N–H and O–H groups in total.